The van der Waals surface area contributed by atoms with Gasteiger partial charge in [-0.2, -0.15) is 31.6 Å². The van der Waals surface area contributed by atoms with Crippen LogP contribution in [0.5, 0.6) is 0 Å². The average molecular weight is 1000 g/mol. The Bertz CT molecular complexity index is 1910. The number of hydrogen-bond donors (Lipinski definition) is 0. The van der Waals surface area contributed by atoms with Crippen LogP contribution in [0.1, 0.15) is 133 Å². The standard InChI is InChI=1S/C33H43N3.C2H3N.CH2Cl2.2CHF3O3S.Fe.2H2O/c1-20(2)26-14-11-15-27(21(3)4)32(26)34-24(9)30-18-13-19-31(36-30)25(10)35-33-28(22(5)6)16-12-17-29(33)23(7)8;1-2-3;2-1-3;2*2-1(3,4)8(5,6)7;;;/h11-23H,1-10H3;1H3;1H2;2*(H,5,6,7);;2*1H2/q;;;;;+2;;. The number of alkyl halides is 8. The molecule has 0 saturated carbocycles. The van der Waals surface area contributed by atoms with Gasteiger partial charge in [-0.1, -0.05) is 97.9 Å². The molecule has 3 rings (SSSR count). The molecule has 0 aliphatic carbocycles. The molecule has 0 atom stereocenters. The summed E-state index contributed by atoms with van der Waals surface area (Å²) in [6.07, 6.45) is 0. The van der Waals surface area contributed by atoms with Crippen LogP contribution in [-0.4, -0.2) is 58.7 Å². The largest absolute Gasteiger partial charge is 2.00 e. The number of benzene rings is 2. The van der Waals surface area contributed by atoms with Crippen molar-refractivity contribution < 1.29 is 80.3 Å². The Balaban J connectivity index is -0.000000346. The third kappa shape index (κ3) is 23.7. The predicted molar refractivity (Wildman–Crippen MR) is 226 cm³/mol. The number of hydrogen-bond acceptors (Lipinski definition) is 10. The molecule has 0 amide bonds. The number of aromatic nitrogens is 1. The van der Waals surface area contributed by atoms with Crippen molar-refractivity contribution in [2.75, 3.05) is 5.34 Å². The predicted octanol–water partition coefficient (Wildman–Crippen LogP) is 10.1. The van der Waals surface area contributed by atoms with E-state index in [9.17, 15) is 26.3 Å². The third-order valence-corrected chi connectivity index (χ3v) is 8.44. The summed E-state index contributed by atoms with van der Waals surface area (Å²) < 4.78 is 118. The summed E-state index contributed by atoms with van der Waals surface area (Å²) in [5, 5.41) is 7.51. The third-order valence-electron chi connectivity index (χ3n) is 7.30. The van der Waals surface area contributed by atoms with Gasteiger partial charge in [0.2, 0.25) is 0 Å². The minimum atomic E-state index is -6.09. The molecule has 0 spiro atoms. The fourth-order valence-corrected chi connectivity index (χ4v) is 4.57. The molecule has 0 radical (unpaired) electrons. The van der Waals surface area contributed by atoms with E-state index in [1.165, 1.54) is 29.2 Å². The van der Waals surface area contributed by atoms with Crippen LogP contribution in [0, 0.1) is 11.3 Å². The first kappa shape index (κ1) is 66.9. The van der Waals surface area contributed by atoms with Crippen LogP contribution >= 0.6 is 23.2 Å². The first-order valence-electron chi connectivity index (χ1n) is 17.1. The maximum Gasteiger partial charge on any atom is 2.00 e. The van der Waals surface area contributed by atoms with E-state index in [0.717, 1.165) is 34.2 Å². The second-order valence-electron chi connectivity index (χ2n) is 13.1. The molecule has 0 aliphatic heterocycles. The molecule has 0 fully saturated rings. The van der Waals surface area contributed by atoms with Gasteiger partial charge in [-0.05, 0) is 71.9 Å². The summed E-state index contributed by atoms with van der Waals surface area (Å²) in [6.45, 7) is 23.4. The molecule has 61 heavy (non-hydrogen) atoms. The Morgan fingerprint density at radius 3 is 0.984 bits per heavy atom. The summed E-state index contributed by atoms with van der Waals surface area (Å²) in [7, 11) is -12.2. The van der Waals surface area contributed by atoms with Crippen molar-refractivity contribution in [3.63, 3.8) is 0 Å². The van der Waals surface area contributed by atoms with Crippen molar-refractivity contribution in [2.45, 2.75) is 111 Å². The SMILES string of the molecule is CC#N.CC(=Nc1c(C(C)C)cccc1C(C)C)c1cccc(C(C)=Nc2c(C(C)C)cccc2C(C)C)n1.ClCCl.O=S(=O)([O-])C(F)(F)F.O=S(=O)([O-])C(F)(F)F.[Fe+2].[OH3+].[OH3+]. The molecule has 348 valence electrons. The zero-order valence-corrected chi connectivity index (χ0v) is 39.5. The van der Waals surface area contributed by atoms with Gasteiger partial charge in [0, 0.05) is 6.92 Å². The molecule has 1 heterocycles. The maximum absolute atomic E-state index is 10.7. The molecule has 2 aromatic carbocycles. The first-order valence-corrected chi connectivity index (χ1v) is 21.0. The zero-order chi connectivity index (χ0) is 46.0. The second kappa shape index (κ2) is 30.0. The van der Waals surface area contributed by atoms with Crippen LogP contribution in [0.2, 0.25) is 0 Å². The number of aliphatic imine (C=N–C) groups is 2. The molecule has 0 bridgehead atoms. The van der Waals surface area contributed by atoms with Crippen LogP contribution in [0.25, 0.3) is 0 Å². The number of nitriles is 1. The van der Waals surface area contributed by atoms with Gasteiger partial charge in [0.25, 0.3) is 0 Å². The van der Waals surface area contributed by atoms with Gasteiger partial charge in [0.15, 0.2) is 20.2 Å². The van der Waals surface area contributed by atoms with E-state index in [-0.39, 0.29) is 33.4 Å². The Kier molecular flexibility index (Phi) is 32.9. The number of rotatable bonds is 8. The van der Waals surface area contributed by atoms with E-state index in [4.69, 9.17) is 69.4 Å². The van der Waals surface area contributed by atoms with E-state index < -0.39 is 31.3 Å². The average Bonchev–Trinajstić information content (AvgIpc) is 3.07. The van der Waals surface area contributed by atoms with Gasteiger partial charge >= 0.3 is 28.1 Å². The quantitative estimate of drug-likeness (QED) is 0.0399. The number of pyridine rings is 1. The van der Waals surface area contributed by atoms with Crippen molar-refractivity contribution >= 4 is 66.2 Å². The van der Waals surface area contributed by atoms with Crippen LogP contribution in [0.4, 0.5) is 37.7 Å². The van der Waals surface area contributed by atoms with Crippen molar-refractivity contribution in [3.8, 4) is 6.07 Å². The monoisotopic (exact) mass is 998 g/mol. The van der Waals surface area contributed by atoms with E-state index in [0.29, 0.717) is 23.7 Å². The molecule has 0 unspecified atom stereocenters. The molecule has 23 heteroatoms. The van der Waals surface area contributed by atoms with Gasteiger partial charge in [-0.15, -0.1) is 23.2 Å². The Labute approximate surface area is 375 Å². The number of halogens is 8. The number of nitrogens with zero attached hydrogens (tertiary/aromatic N) is 4. The van der Waals surface area contributed by atoms with Crippen molar-refractivity contribution in [1.29, 1.82) is 5.26 Å². The summed E-state index contributed by atoms with van der Waals surface area (Å²) in [5.41, 5.74) is -0.387. The molecule has 3 aromatic rings. The molecule has 1 aromatic heterocycles. The van der Waals surface area contributed by atoms with Crippen LogP contribution < -0.4 is 0 Å². The molecule has 0 saturated heterocycles. The normalized spacial score (nSPS) is 11.7. The summed E-state index contributed by atoms with van der Waals surface area (Å²) in [4.78, 5) is 15.3. The van der Waals surface area contributed by atoms with Crippen molar-refractivity contribution in [1.82, 2.24) is 4.98 Å². The van der Waals surface area contributed by atoms with Crippen LogP contribution in [-0.2, 0) is 48.3 Å². The fraction of sp³-hybridized carbons (Fsp3) is 0.474. The Hall–Kier alpha value is -3.16. The summed E-state index contributed by atoms with van der Waals surface area (Å²) >= 11 is 9.53. The molecular weight excluding hydrogens is 945 g/mol. The van der Waals surface area contributed by atoms with E-state index in [1.54, 1.807) is 6.07 Å². The number of para-hydroxylation sites is 2. The molecule has 6 N–H and O–H groups in total. The van der Waals surface area contributed by atoms with Gasteiger partial charge in [-0.3, -0.25) is 9.98 Å². The second-order valence-corrected chi connectivity index (χ2v) is 16.7. The topological polar surface area (TPSA) is 242 Å². The van der Waals surface area contributed by atoms with Gasteiger partial charge < -0.3 is 20.1 Å². The van der Waals surface area contributed by atoms with E-state index >= 15 is 0 Å². The van der Waals surface area contributed by atoms with Crippen LogP contribution in [0.3, 0.4) is 0 Å². The maximum atomic E-state index is 10.7. The Morgan fingerprint density at radius 2 is 0.820 bits per heavy atom. The minimum Gasteiger partial charge on any atom is -0.741 e. The van der Waals surface area contributed by atoms with Gasteiger partial charge in [0.05, 0.1) is 45.6 Å². The van der Waals surface area contributed by atoms with Crippen molar-refractivity contribution in [3.05, 3.63) is 88.2 Å². The van der Waals surface area contributed by atoms with E-state index in [2.05, 4.69) is 112 Å². The van der Waals surface area contributed by atoms with Gasteiger partial charge in [0.1, 0.15) is 0 Å². The fourth-order valence-electron chi connectivity index (χ4n) is 4.57. The molecule has 0 aliphatic rings. The van der Waals surface area contributed by atoms with Crippen molar-refractivity contribution in [2.24, 2.45) is 9.98 Å². The Morgan fingerprint density at radius 1 is 0.639 bits per heavy atom. The minimum absolute atomic E-state index is 0. The van der Waals surface area contributed by atoms with Crippen LogP contribution in [0.15, 0.2) is 64.6 Å². The zero-order valence-electron chi connectivity index (χ0n) is 35.3. The van der Waals surface area contributed by atoms with Gasteiger partial charge in [-0.25, -0.2) is 21.8 Å². The summed E-state index contributed by atoms with van der Waals surface area (Å²) in [6, 6.07) is 21.0. The summed E-state index contributed by atoms with van der Waals surface area (Å²) in [5.74, 6) is 1.61. The van der Waals surface area contributed by atoms with E-state index in [1.807, 2.05) is 12.1 Å². The first-order chi connectivity index (χ1) is 26.3. The smallest absolute Gasteiger partial charge is 0.741 e. The molecule has 12 nitrogen and oxygen atoms in total. The molecular formula is C38H54Cl2F6FeN4O8S2+2.